The summed E-state index contributed by atoms with van der Waals surface area (Å²) in [5.41, 5.74) is 3.37. The highest BCUT2D eigenvalue weighted by Gasteiger charge is 2.35. The quantitative estimate of drug-likeness (QED) is 0.671. The Balaban J connectivity index is 1.44. The molecule has 1 fully saturated rings. The van der Waals surface area contributed by atoms with Gasteiger partial charge >= 0.3 is 0 Å². The third kappa shape index (κ3) is 3.77. The molecule has 2 aliphatic rings. The van der Waals surface area contributed by atoms with E-state index < -0.39 is 0 Å². The number of carbonyl (C=O) groups excluding carboxylic acids is 2. The highest BCUT2D eigenvalue weighted by molar-refractivity contribution is 6.00. The predicted molar refractivity (Wildman–Crippen MR) is 119 cm³/mol. The van der Waals surface area contributed by atoms with Gasteiger partial charge in [0.2, 0.25) is 5.91 Å². The summed E-state index contributed by atoms with van der Waals surface area (Å²) in [5, 5.41) is 6.68. The van der Waals surface area contributed by atoms with E-state index in [0.717, 1.165) is 36.9 Å². The molecule has 32 heavy (non-hydrogen) atoms. The second-order valence-corrected chi connectivity index (χ2v) is 8.41. The van der Waals surface area contributed by atoms with E-state index in [2.05, 4.69) is 22.3 Å². The number of aromatic amines is 1. The molecule has 1 saturated heterocycles. The summed E-state index contributed by atoms with van der Waals surface area (Å²) in [4.78, 5) is 39.1. The van der Waals surface area contributed by atoms with E-state index in [4.69, 9.17) is 9.97 Å². The van der Waals surface area contributed by atoms with Gasteiger partial charge in [0, 0.05) is 30.5 Å². The summed E-state index contributed by atoms with van der Waals surface area (Å²) in [6.45, 7) is 3.16. The van der Waals surface area contributed by atoms with Gasteiger partial charge in [-0.2, -0.15) is 5.10 Å². The van der Waals surface area contributed by atoms with Gasteiger partial charge in [-0.15, -0.1) is 0 Å². The zero-order valence-corrected chi connectivity index (χ0v) is 18.1. The highest BCUT2D eigenvalue weighted by atomic mass is 16.2. The van der Waals surface area contributed by atoms with Crippen LogP contribution in [0.5, 0.6) is 0 Å². The lowest BCUT2D eigenvalue weighted by molar-refractivity contribution is -0.117. The molecule has 0 bridgehead atoms. The van der Waals surface area contributed by atoms with Crippen LogP contribution in [0.25, 0.3) is 0 Å². The smallest absolute Gasteiger partial charge is 0.272 e. The van der Waals surface area contributed by atoms with Gasteiger partial charge in [-0.3, -0.25) is 19.6 Å². The average molecular weight is 431 g/mol. The second kappa shape index (κ2) is 8.53. The van der Waals surface area contributed by atoms with Gasteiger partial charge in [0.15, 0.2) is 5.82 Å². The van der Waals surface area contributed by atoms with Gasteiger partial charge in [-0.25, -0.2) is 9.97 Å². The Morgan fingerprint density at radius 2 is 2.00 bits per heavy atom. The number of fused-ring (bicyclic) bond motifs is 1. The Kier molecular flexibility index (Phi) is 5.43. The fourth-order valence-electron chi connectivity index (χ4n) is 4.64. The number of H-pyrrole nitrogens is 1. The fourth-order valence-corrected chi connectivity index (χ4v) is 4.64. The zero-order valence-electron chi connectivity index (χ0n) is 18.1. The van der Waals surface area contributed by atoms with Crippen LogP contribution in [0.2, 0.25) is 0 Å². The molecule has 1 aromatic carbocycles. The molecule has 3 aromatic rings. The van der Waals surface area contributed by atoms with Gasteiger partial charge in [0.1, 0.15) is 11.5 Å². The van der Waals surface area contributed by atoms with Crippen LogP contribution in [0, 0.1) is 6.92 Å². The lowest BCUT2D eigenvalue weighted by Crippen LogP contribution is -2.39. The van der Waals surface area contributed by atoms with Gasteiger partial charge in [-0.1, -0.05) is 30.3 Å². The van der Waals surface area contributed by atoms with Crippen molar-refractivity contribution in [3.05, 3.63) is 70.9 Å². The number of aromatic nitrogens is 4. The number of piperidine rings is 1. The maximum Gasteiger partial charge on any atom is 0.272 e. The van der Waals surface area contributed by atoms with Crippen molar-refractivity contribution in [2.45, 2.75) is 45.1 Å². The lowest BCUT2D eigenvalue weighted by atomic mass is 10.0. The number of nitrogens with one attached hydrogen (secondary N) is 1. The Bertz CT molecular complexity index is 1130. The highest BCUT2D eigenvalue weighted by Crippen LogP contribution is 2.35. The Hall–Kier alpha value is -3.55. The molecular weight excluding hydrogens is 404 g/mol. The van der Waals surface area contributed by atoms with E-state index in [1.807, 2.05) is 30.0 Å². The number of aryl methyl sites for hydroxylation is 1. The van der Waals surface area contributed by atoms with Crippen molar-refractivity contribution < 1.29 is 9.59 Å². The van der Waals surface area contributed by atoms with Crippen molar-refractivity contribution >= 4 is 17.6 Å². The maximum atomic E-state index is 13.1. The molecule has 1 N–H and O–H groups in total. The lowest BCUT2D eigenvalue weighted by Gasteiger charge is -2.34. The van der Waals surface area contributed by atoms with Crippen molar-refractivity contribution in [2.24, 2.45) is 0 Å². The molecule has 164 valence electrons. The van der Waals surface area contributed by atoms with Crippen molar-refractivity contribution in [1.29, 1.82) is 0 Å². The van der Waals surface area contributed by atoms with Crippen LogP contribution in [0.1, 0.15) is 58.4 Å². The number of anilines is 1. The molecule has 8 heteroatoms. The van der Waals surface area contributed by atoms with Crippen LogP contribution in [-0.4, -0.2) is 50.0 Å². The van der Waals surface area contributed by atoms with Crippen LogP contribution in [0.4, 0.5) is 5.82 Å². The third-order valence-electron chi connectivity index (χ3n) is 6.35. The Morgan fingerprint density at radius 1 is 1.16 bits per heavy atom. The molecule has 0 radical (unpaired) electrons. The van der Waals surface area contributed by atoms with E-state index in [-0.39, 0.29) is 17.9 Å². The van der Waals surface area contributed by atoms with E-state index >= 15 is 0 Å². The first kappa shape index (κ1) is 20.4. The number of hydrogen-bond donors (Lipinski definition) is 1. The Labute approximate surface area is 186 Å². The van der Waals surface area contributed by atoms with E-state index in [0.29, 0.717) is 36.8 Å². The van der Waals surface area contributed by atoms with E-state index in [1.54, 1.807) is 17.2 Å². The zero-order chi connectivity index (χ0) is 22.1. The minimum absolute atomic E-state index is 0.0551. The topological polar surface area (TPSA) is 95.1 Å². The number of likely N-dealkylation sites (tertiary alicyclic amines) is 1. The van der Waals surface area contributed by atoms with Gasteiger partial charge in [-0.05, 0) is 44.2 Å². The first-order valence-electron chi connectivity index (χ1n) is 11.1. The van der Waals surface area contributed by atoms with Gasteiger partial charge < -0.3 is 4.90 Å². The predicted octanol–water partition coefficient (Wildman–Crippen LogP) is 3.01. The van der Waals surface area contributed by atoms with Crippen molar-refractivity contribution in [2.75, 3.05) is 18.0 Å². The minimum atomic E-state index is -0.213. The number of amides is 2. The number of nitrogens with zero attached hydrogens (tertiary/aromatic N) is 5. The summed E-state index contributed by atoms with van der Waals surface area (Å²) < 4.78 is 0. The molecule has 4 heterocycles. The summed E-state index contributed by atoms with van der Waals surface area (Å²) in [6, 6.07) is 11.6. The molecule has 2 amide bonds. The molecule has 0 spiro atoms. The van der Waals surface area contributed by atoms with Crippen LogP contribution in [0.15, 0.2) is 42.6 Å². The second-order valence-electron chi connectivity index (χ2n) is 8.41. The summed E-state index contributed by atoms with van der Waals surface area (Å²) in [7, 11) is 0. The van der Waals surface area contributed by atoms with Crippen LogP contribution >= 0.6 is 0 Å². The van der Waals surface area contributed by atoms with E-state index in [1.165, 1.54) is 5.56 Å². The van der Waals surface area contributed by atoms with Crippen LogP contribution in [0.3, 0.4) is 0 Å². The first-order valence-corrected chi connectivity index (χ1v) is 11.1. The first-order chi connectivity index (χ1) is 15.6. The molecule has 2 aromatic heterocycles. The minimum Gasteiger partial charge on any atom is -0.327 e. The maximum absolute atomic E-state index is 13.1. The third-order valence-corrected chi connectivity index (χ3v) is 6.35. The summed E-state index contributed by atoms with van der Waals surface area (Å²) in [6.07, 6.45) is 5.43. The van der Waals surface area contributed by atoms with E-state index in [9.17, 15) is 9.59 Å². The van der Waals surface area contributed by atoms with Gasteiger partial charge in [0.05, 0.1) is 12.5 Å². The molecule has 5 rings (SSSR count). The fraction of sp³-hybridized carbons (Fsp3) is 0.375. The SMILES string of the molecule is Cc1nc(C2CCCCN2C(=O)c2ccn[nH]2)nc2c1CC(=O)N2CCc1ccccc1. The monoisotopic (exact) mass is 430 g/mol. The molecule has 2 aliphatic heterocycles. The average Bonchev–Trinajstić information content (AvgIpc) is 3.46. The summed E-state index contributed by atoms with van der Waals surface area (Å²) in [5.74, 6) is 1.28. The number of hydrogen-bond acceptors (Lipinski definition) is 5. The summed E-state index contributed by atoms with van der Waals surface area (Å²) >= 11 is 0. The molecule has 1 atom stereocenters. The van der Waals surface area contributed by atoms with Gasteiger partial charge in [0.25, 0.3) is 5.91 Å². The number of carbonyl (C=O) groups is 2. The molecule has 1 unspecified atom stereocenters. The number of benzene rings is 1. The molecule has 8 nitrogen and oxygen atoms in total. The normalized spacial score (nSPS) is 18.2. The largest absolute Gasteiger partial charge is 0.327 e. The van der Waals surface area contributed by atoms with Crippen LogP contribution in [-0.2, 0) is 17.6 Å². The van der Waals surface area contributed by atoms with Crippen molar-refractivity contribution in [3.63, 3.8) is 0 Å². The molecule has 0 saturated carbocycles. The molecule has 0 aliphatic carbocycles. The molecular formula is C24H26N6O2. The number of rotatable bonds is 5. The van der Waals surface area contributed by atoms with Crippen molar-refractivity contribution in [1.82, 2.24) is 25.1 Å². The van der Waals surface area contributed by atoms with Crippen molar-refractivity contribution in [3.8, 4) is 0 Å². The van der Waals surface area contributed by atoms with Crippen LogP contribution < -0.4 is 4.90 Å². The standard InChI is InChI=1S/C24H26N6O2/c1-16-18-15-21(31)30(14-11-17-7-3-2-4-8-17)23(18)27-22(26-16)20-9-5-6-13-29(20)24(32)19-10-12-25-28-19/h2-4,7-8,10,12,20H,5-6,9,11,13-15H2,1H3,(H,25,28). The Morgan fingerprint density at radius 3 is 2.78 bits per heavy atom.